The lowest BCUT2D eigenvalue weighted by molar-refractivity contribution is 0.0700. The molecule has 1 amide bonds. The van der Waals surface area contributed by atoms with E-state index in [-0.39, 0.29) is 17.7 Å². The SMILES string of the molecule is CC(C)c1noc(C2CCCN(C(=O)c3cc4c(s3)CCCC4)C2)n1. The van der Waals surface area contributed by atoms with E-state index < -0.39 is 0 Å². The molecule has 0 spiro atoms. The Labute approximate surface area is 152 Å². The minimum Gasteiger partial charge on any atom is -0.339 e. The summed E-state index contributed by atoms with van der Waals surface area (Å²) in [6.07, 6.45) is 6.75. The molecule has 3 heterocycles. The molecule has 1 saturated heterocycles. The molecule has 0 aromatic carbocycles. The number of piperidine rings is 1. The second-order valence-corrected chi connectivity index (χ2v) is 8.64. The third-order valence-corrected chi connectivity index (χ3v) is 6.46. The van der Waals surface area contributed by atoms with E-state index in [4.69, 9.17) is 4.52 Å². The molecule has 134 valence electrons. The molecule has 2 aromatic rings. The van der Waals surface area contributed by atoms with Crippen LogP contribution in [0.4, 0.5) is 0 Å². The maximum Gasteiger partial charge on any atom is 0.263 e. The Kier molecular flexibility index (Phi) is 4.63. The number of aromatic nitrogens is 2. The van der Waals surface area contributed by atoms with Crippen LogP contribution >= 0.6 is 11.3 Å². The van der Waals surface area contributed by atoms with Crippen LogP contribution < -0.4 is 0 Å². The molecule has 0 radical (unpaired) electrons. The second-order valence-electron chi connectivity index (χ2n) is 7.50. The van der Waals surface area contributed by atoms with E-state index >= 15 is 0 Å². The van der Waals surface area contributed by atoms with Crippen LogP contribution in [-0.4, -0.2) is 34.0 Å². The lowest BCUT2D eigenvalue weighted by Gasteiger charge is -2.30. The van der Waals surface area contributed by atoms with Crippen molar-refractivity contribution in [3.05, 3.63) is 33.1 Å². The highest BCUT2D eigenvalue weighted by Crippen LogP contribution is 2.32. The quantitative estimate of drug-likeness (QED) is 0.826. The van der Waals surface area contributed by atoms with Crippen LogP contribution in [0.15, 0.2) is 10.6 Å². The van der Waals surface area contributed by atoms with Gasteiger partial charge in [0.2, 0.25) is 5.89 Å². The van der Waals surface area contributed by atoms with Gasteiger partial charge in [-0.3, -0.25) is 4.79 Å². The van der Waals surface area contributed by atoms with Crippen LogP contribution in [0.5, 0.6) is 0 Å². The summed E-state index contributed by atoms with van der Waals surface area (Å²) in [5, 5.41) is 4.08. The summed E-state index contributed by atoms with van der Waals surface area (Å²) in [6.45, 7) is 5.62. The fourth-order valence-electron chi connectivity index (χ4n) is 3.76. The van der Waals surface area contributed by atoms with Crippen LogP contribution in [0, 0.1) is 0 Å². The van der Waals surface area contributed by atoms with Gasteiger partial charge in [-0.1, -0.05) is 19.0 Å². The molecule has 25 heavy (non-hydrogen) atoms. The maximum atomic E-state index is 13.0. The number of aryl methyl sites for hydroxylation is 2. The number of hydrogen-bond acceptors (Lipinski definition) is 5. The molecule has 2 aromatic heterocycles. The number of fused-ring (bicyclic) bond motifs is 1. The standard InChI is InChI=1S/C19H25N3O2S/c1-12(2)17-20-18(24-21-17)14-7-5-9-22(11-14)19(23)16-10-13-6-3-4-8-15(13)25-16/h10,12,14H,3-9,11H2,1-2H3. The summed E-state index contributed by atoms with van der Waals surface area (Å²) in [5.41, 5.74) is 1.40. The van der Waals surface area contributed by atoms with Gasteiger partial charge in [0.1, 0.15) is 0 Å². The lowest BCUT2D eigenvalue weighted by Crippen LogP contribution is -2.38. The third-order valence-electron chi connectivity index (χ3n) is 5.24. The summed E-state index contributed by atoms with van der Waals surface area (Å²) in [4.78, 5) is 21.8. The van der Waals surface area contributed by atoms with Crippen molar-refractivity contribution in [1.29, 1.82) is 0 Å². The minimum absolute atomic E-state index is 0.160. The molecule has 0 bridgehead atoms. The van der Waals surface area contributed by atoms with Gasteiger partial charge in [-0.25, -0.2) is 0 Å². The van der Waals surface area contributed by atoms with Gasteiger partial charge in [0.25, 0.3) is 5.91 Å². The van der Waals surface area contributed by atoms with Gasteiger partial charge in [-0.2, -0.15) is 4.98 Å². The van der Waals surface area contributed by atoms with E-state index in [0.29, 0.717) is 12.4 Å². The summed E-state index contributed by atoms with van der Waals surface area (Å²) in [6, 6.07) is 2.13. The predicted octanol–water partition coefficient (Wildman–Crippen LogP) is 4.15. The maximum absolute atomic E-state index is 13.0. The van der Waals surface area contributed by atoms with Gasteiger partial charge in [0, 0.05) is 23.9 Å². The Morgan fingerprint density at radius 1 is 1.32 bits per heavy atom. The first kappa shape index (κ1) is 16.8. The zero-order valence-electron chi connectivity index (χ0n) is 15.0. The fourth-order valence-corrected chi connectivity index (χ4v) is 4.98. The Bertz CT molecular complexity index is 741. The number of rotatable bonds is 3. The molecule has 4 rings (SSSR count). The van der Waals surface area contributed by atoms with E-state index in [2.05, 4.69) is 30.1 Å². The predicted molar refractivity (Wildman–Crippen MR) is 97.2 cm³/mol. The van der Waals surface area contributed by atoms with Crippen LogP contribution in [0.3, 0.4) is 0 Å². The fraction of sp³-hybridized carbons (Fsp3) is 0.632. The number of carbonyl (C=O) groups is 1. The molecule has 1 unspecified atom stereocenters. The van der Waals surface area contributed by atoms with Crippen molar-refractivity contribution in [3.8, 4) is 0 Å². The first-order chi connectivity index (χ1) is 12.1. The first-order valence-electron chi connectivity index (χ1n) is 9.36. The smallest absolute Gasteiger partial charge is 0.263 e. The molecule has 0 N–H and O–H groups in total. The van der Waals surface area contributed by atoms with Gasteiger partial charge in [0.15, 0.2) is 5.82 Å². The van der Waals surface area contributed by atoms with E-state index in [1.165, 1.54) is 23.3 Å². The summed E-state index contributed by atoms with van der Waals surface area (Å²) in [5.74, 6) is 2.03. The van der Waals surface area contributed by atoms with Crippen LogP contribution in [0.25, 0.3) is 0 Å². The molecular formula is C19H25N3O2S. The highest BCUT2D eigenvalue weighted by atomic mass is 32.1. The summed E-state index contributed by atoms with van der Waals surface area (Å²) >= 11 is 1.70. The number of carbonyl (C=O) groups excluding carboxylic acids is 1. The van der Waals surface area contributed by atoms with Crippen LogP contribution in [-0.2, 0) is 12.8 Å². The number of hydrogen-bond donors (Lipinski definition) is 0. The molecule has 6 heteroatoms. The van der Waals surface area contributed by atoms with Crippen LogP contribution in [0.2, 0.25) is 0 Å². The molecule has 1 aliphatic carbocycles. The van der Waals surface area contributed by atoms with E-state index in [9.17, 15) is 4.79 Å². The van der Waals surface area contributed by atoms with Crippen LogP contribution in [0.1, 0.15) is 83.2 Å². The van der Waals surface area contributed by atoms with Crippen molar-refractivity contribution >= 4 is 17.2 Å². The van der Waals surface area contributed by atoms with Crippen molar-refractivity contribution in [2.75, 3.05) is 13.1 Å². The van der Waals surface area contributed by atoms with E-state index in [0.717, 1.165) is 42.9 Å². The molecule has 0 saturated carbocycles. The first-order valence-corrected chi connectivity index (χ1v) is 10.2. The molecule has 1 atom stereocenters. The van der Waals surface area contributed by atoms with Crippen molar-refractivity contribution < 1.29 is 9.32 Å². The normalized spacial score (nSPS) is 20.8. The van der Waals surface area contributed by atoms with Crippen molar-refractivity contribution in [3.63, 3.8) is 0 Å². The van der Waals surface area contributed by atoms with Crippen molar-refractivity contribution in [2.45, 2.75) is 64.2 Å². The number of thiophene rings is 1. The number of nitrogens with zero attached hydrogens (tertiary/aromatic N) is 3. The Morgan fingerprint density at radius 2 is 2.16 bits per heavy atom. The average Bonchev–Trinajstić information content (AvgIpc) is 3.28. The average molecular weight is 359 g/mol. The molecule has 5 nitrogen and oxygen atoms in total. The largest absolute Gasteiger partial charge is 0.339 e. The van der Waals surface area contributed by atoms with E-state index in [1.807, 2.05) is 4.90 Å². The van der Waals surface area contributed by atoms with Gasteiger partial charge in [-0.05, 0) is 50.2 Å². The second kappa shape index (κ2) is 6.90. The third kappa shape index (κ3) is 3.36. The molecule has 2 aliphatic rings. The number of amides is 1. The highest BCUT2D eigenvalue weighted by Gasteiger charge is 2.30. The monoisotopic (exact) mass is 359 g/mol. The Balaban J connectivity index is 1.48. The zero-order valence-corrected chi connectivity index (χ0v) is 15.8. The Morgan fingerprint density at radius 3 is 2.92 bits per heavy atom. The molecular weight excluding hydrogens is 334 g/mol. The molecule has 1 aliphatic heterocycles. The number of likely N-dealkylation sites (tertiary alicyclic amines) is 1. The molecule has 1 fully saturated rings. The highest BCUT2D eigenvalue weighted by molar-refractivity contribution is 7.14. The van der Waals surface area contributed by atoms with Gasteiger partial charge in [-0.15, -0.1) is 11.3 Å². The van der Waals surface area contributed by atoms with Crippen molar-refractivity contribution in [2.24, 2.45) is 0 Å². The van der Waals surface area contributed by atoms with Crippen molar-refractivity contribution in [1.82, 2.24) is 15.0 Å². The van der Waals surface area contributed by atoms with Gasteiger partial charge >= 0.3 is 0 Å². The summed E-state index contributed by atoms with van der Waals surface area (Å²) < 4.78 is 5.47. The zero-order chi connectivity index (χ0) is 17.4. The van der Waals surface area contributed by atoms with Gasteiger partial charge < -0.3 is 9.42 Å². The Hall–Kier alpha value is -1.69. The summed E-state index contributed by atoms with van der Waals surface area (Å²) in [7, 11) is 0. The lowest BCUT2D eigenvalue weighted by atomic mass is 9.97. The topological polar surface area (TPSA) is 59.2 Å². The van der Waals surface area contributed by atoms with E-state index in [1.54, 1.807) is 11.3 Å². The minimum atomic E-state index is 0.160. The van der Waals surface area contributed by atoms with Gasteiger partial charge in [0.05, 0.1) is 10.8 Å².